The van der Waals surface area contributed by atoms with Crippen LogP contribution in [0.4, 0.5) is 9.59 Å². The average Bonchev–Trinajstić information content (AvgIpc) is 3.29. The minimum absolute atomic E-state index is 0.00115. The van der Waals surface area contributed by atoms with Crippen LogP contribution < -0.4 is 15.5 Å². The van der Waals surface area contributed by atoms with Gasteiger partial charge in [-0.25, -0.2) is 24.8 Å². The first kappa shape index (κ1) is 33.8. The van der Waals surface area contributed by atoms with Gasteiger partial charge < -0.3 is 24.8 Å². The maximum absolute atomic E-state index is 14.3. The molecule has 2 aromatic carbocycles. The standard InChI is InChI=1S/C35H42N4O7S/c1-8-23-19-35(23,30(41)42)36-29(40)26-18-24(20-38(26)32(44)39(33(2,3)4)37-31(43)46-34(5,6)7)45-27-17-22-13-10-9-12-21(22)16-25(27)28-14-11-15-47-28/h8-17,23-24,26H,1,18-20H2,2-7H3,(H,36,40)(H,37,43)(H,41,42)/t23-,24-,26+,35-/m1/s1. The van der Waals surface area contributed by atoms with E-state index in [0.29, 0.717) is 5.75 Å². The Morgan fingerprint density at radius 1 is 1.06 bits per heavy atom. The maximum Gasteiger partial charge on any atom is 0.426 e. The van der Waals surface area contributed by atoms with Crippen molar-refractivity contribution >= 4 is 46.1 Å². The minimum atomic E-state index is -1.49. The fraction of sp³-hybridized carbons (Fsp3) is 0.429. The number of hydrogen-bond donors (Lipinski definition) is 3. The van der Waals surface area contributed by atoms with Crippen molar-refractivity contribution in [2.45, 2.75) is 83.2 Å². The number of carbonyl (C=O) groups is 4. The van der Waals surface area contributed by atoms with E-state index in [4.69, 9.17) is 9.47 Å². The number of nitrogens with one attached hydrogen (secondary N) is 2. The molecule has 1 aliphatic carbocycles. The van der Waals surface area contributed by atoms with Gasteiger partial charge in [-0.05, 0) is 82.3 Å². The number of aliphatic carboxylic acids is 1. The summed E-state index contributed by atoms with van der Waals surface area (Å²) >= 11 is 1.57. The van der Waals surface area contributed by atoms with E-state index in [1.54, 1.807) is 52.9 Å². The first-order valence-electron chi connectivity index (χ1n) is 15.5. The Morgan fingerprint density at radius 3 is 2.30 bits per heavy atom. The van der Waals surface area contributed by atoms with E-state index >= 15 is 0 Å². The van der Waals surface area contributed by atoms with Gasteiger partial charge in [-0.2, -0.15) is 0 Å². The smallest absolute Gasteiger partial charge is 0.426 e. The molecule has 1 aromatic heterocycles. The Balaban J connectivity index is 1.48. The Bertz CT molecular complexity index is 1690. The second-order valence-corrected chi connectivity index (χ2v) is 15.0. The van der Waals surface area contributed by atoms with Crippen molar-refractivity contribution in [1.82, 2.24) is 20.7 Å². The van der Waals surface area contributed by atoms with E-state index in [-0.39, 0.29) is 19.4 Å². The molecule has 5 rings (SSSR count). The van der Waals surface area contributed by atoms with Gasteiger partial charge in [0, 0.05) is 22.8 Å². The van der Waals surface area contributed by atoms with E-state index in [2.05, 4.69) is 23.4 Å². The maximum atomic E-state index is 14.3. The summed E-state index contributed by atoms with van der Waals surface area (Å²) in [4.78, 5) is 55.6. The van der Waals surface area contributed by atoms with Crippen LogP contribution in [0, 0.1) is 5.92 Å². The first-order valence-corrected chi connectivity index (χ1v) is 16.4. The van der Waals surface area contributed by atoms with Gasteiger partial charge in [0.25, 0.3) is 0 Å². The molecule has 3 aromatic rings. The fourth-order valence-electron chi connectivity index (χ4n) is 5.81. The van der Waals surface area contributed by atoms with Gasteiger partial charge in [0.2, 0.25) is 5.91 Å². The SMILES string of the molecule is C=C[C@@H]1C[C@]1(NC(=O)[C@@H]1C[C@@H](Oc2cc3ccccc3cc2-c2cccs2)CN1C(=O)N(NC(=O)OC(C)(C)C)C(C)(C)C)C(=O)O. The number of carboxylic acid groups (broad SMARTS) is 1. The van der Waals surface area contributed by atoms with Gasteiger partial charge in [0.15, 0.2) is 0 Å². The molecule has 4 atom stereocenters. The van der Waals surface area contributed by atoms with E-state index in [9.17, 15) is 24.3 Å². The number of benzene rings is 2. The molecule has 2 aliphatic rings. The number of carboxylic acids is 1. The van der Waals surface area contributed by atoms with Crippen molar-refractivity contribution in [2.24, 2.45) is 5.92 Å². The third-order valence-electron chi connectivity index (χ3n) is 8.23. The average molecular weight is 663 g/mol. The van der Waals surface area contributed by atoms with Crippen LogP contribution in [0.25, 0.3) is 21.2 Å². The molecule has 12 heteroatoms. The molecular weight excluding hydrogens is 620 g/mol. The van der Waals surface area contributed by atoms with Gasteiger partial charge in [-0.3, -0.25) is 4.79 Å². The van der Waals surface area contributed by atoms with Crippen molar-refractivity contribution < 1.29 is 33.8 Å². The highest BCUT2D eigenvalue weighted by Crippen LogP contribution is 2.45. The lowest BCUT2D eigenvalue weighted by atomic mass is 10.0. The number of ether oxygens (including phenoxy) is 2. The summed E-state index contributed by atoms with van der Waals surface area (Å²) in [5.74, 6) is -1.63. The number of nitrogens with zero attached hydrogens (tertiary/aromatic N) is 2. The molecule has 1 saturated heterocycles. The first-order chi connectivity index (χ1) is 22.0. The Kier molecular flexibility index (Phi) is 9.02. The van der Waals surface area contributed by atoms with Crippen molar-refractivity contribution in [3.8, 4) is 16.2 Å². The number of fused-ring (bicyclic) bond motifs is 1. The molecule has 3 N–H and O–H groups in total. The Labute approximate surface area is 278 Å². The van der Waals surface area contributed by atoms with Crippen LogP contribution >= 0.6 is 11.3 Å². The number of carbonyl (C=O) groups excluding carboxylic acids is 3. The lowest BCUT2D eigenvalue weighted by Crippen LogP contribution is -2.62. The van der Waals surface area contributed by atoms with E-state index in [1.165, 1.54) is 11.0 Å². The minimum Gasteiger partial charge on any atom is -0.488 e. The topological polar surface area (TPSA) is 138 Å². The molecule has 1 aliphatic heterocycles. The quantitative estimate of drug-likeness (QED) is 0.203. The van der Waals surface area contributed by atoms with E-state index in [0.717, 1.165) is 26.2 Å². The summed E-state index contributed by atoms with van der Waals surface area (Å²) in [5, 5.41) is 17.8. The molecule has 0 radical (unpaired) electrons. The number of rotatable bonds is 7. The lowest BCUT2D eigenvalue weighted by molar-refractivity contribution is -0.144. The second-order valence-electron chi connectivity index (χ2n) is 14.0. The van der Waals surface area contributed by atoms with Crippen molar-refractivity contribution in [3.05, 3.63) is 66.6 Å². The molecular formula is C35H42N4O7S. The van der Waals surface area contributed by atoms with Gasteiger partial charge in [0.05, 0.1) is 12.1 Å². The van der Waals surface area contributed by atoms with E-state index < -0.39 is 58.7 Å². The predicted octanol–water partition coefficient (Wildman–Crippen LogP) is 6.20. The van der Waals surface area contributed by atoms with Crippen LogP contribution in [0.15, 0.2) is 66.6 Å². The molecule has 2 heterocycles. The number of amides is 4. The lowest BCUT2D eigenvalue weighted by Gasteiger charge is -2.39. The Hall–Kier alpha value is -4.58. The van der Waals surface area contributed by atoms with E-state index in [1.807, 2.05) is 47.8 Å². The van der Waals surface area contributed by atoms with Gasteiger partial charge in [0.1, 0.15) is 29.0 Å². The highest BCUT2D eigenvalue weighted by atomic mass is 32.1. The van der Waals surface area contributed by atoms with Crippen LogP contribution in [0.2, 0.25) is 0 Å². The zero-order valence-corrected chi connectivity index (χ0v) is 28.3. The van der Waals surface area contributed by atoms with Crippen LogP contribution in [0.3, 0.4) is 0 Å². The summed E-state index contributed by atoms with van der Waals surface area (Å²) in [6.45, 7) is 14.1. The van der Waals surface area contributed by atoms with Crippen molar-refractivity contribution in [2.75, 3.05) is 6.54 Å². The van der Waals surface area contributed by atoms with Crippen LogP contribution in [0.5, 0.6) is 5.75 Å². The van der Waals surface area contributed by atoms with Gasteiger partial charge in [-0.15, -0.1) is 17.9 Å². The molecule has 0 bridgehead atoms. The third kappa shape index (κ3) is 7.22. The zero-order valence-electron chi connectivity index (χ0n) is 27.5. The largest absolute Gasteiger partial charge is 0.488 e. The van der Waals surface area contributed by atoms with Crippen LogP contribution in [-0.4, -0.2) is 74.4 Å². The molecule has 2 fully saturated rings. The summed E-state index contributed by atoms with van der Waals surface area (Å²) in [6, 6.07) is 14.1. The van der Waals surface area contributed by atoms with Crippen molar-refractivity contribution in [1.29, 1.82) is 0 Å². The monoisotopic (exact) mass is 662 g/mol. The normalized spacial score (nSPS) is 22.3. The van der Waals surface area contributed by atoms with Gasteiger partial charge in [-0.1, -0.05) is 36.4 Å². The number of thiophene rings is 1. The van der Waals surface area contributed by atoms with Crippen LogP contribution in [-0.2, 0) is 14.3 Å². The number of urea groups is 1. The molecule has 11 nitrogen and oxygen atoms in total. The summed E-state index contributed by atoms with van der Waals surface area (Å²) < 4.78 is 12.0. The summed E-state index contributed by atoms with van der Waals surface area (Å²) in [5.41, 5.74) is 0.206. The summed E-state index contributed by atoms with van der Waals surface area (Å²) in [7, 11) is 0. The third-order valence-corrected chi connectivity index (χ3v) is 9.13. The van der Waals surface area contributed by atoms with Gasteiger partial charge >= 0.3 is 18.1 Å². The Morgan fingerprint density at radius 2 is 1.74 bits per heavy atom. The predicted molar refractivity (Wildman–Crippen MR) is 180 cm³/mol. The second kappa shape index (κ2) is 12.6. The van der Waals surface area contributed by atoms with Crippen molar-refractivity contribution in [3.63, 3.8) is 0 Å². The van der Waals surface area contributed by atoms with Crippen LogP contribution in [0.1, 0.15) is 54.4 Å². The molecule has 250 valence electrons. The highest BCUT2D eigenvalue weighted by Gasteiger charge is 2.61. The molecule has 47 heavy (non-hydrogen) atoms. The number of likely N-dealkylation sites (tertiary alicyclic amines) is 1. The molecule has 4 amide bonds. The fourth-order valence-corrected chi connectivity index (χ4v) is 6.55. The highest BCUT2D eigenvalue weighted by molar-refractivity contribution is 7.13. The zero-order chi connectivity index (χ0) is 34.3. The molecule has 1 saturated carbocycles. The molecule has 0 spiro atoms. The summed E-state index contributed by atoms with van der Waals surface area (Å²) in [6.07, 6.45) is 0.340. The molecule has 0 unspecified atom stereocenters. The number of hydrazine groups is 1. The number of hydrogen-bond acceptors (Lipinski definition) is 7.